The number of ether oxygens (including phenoxy) is 1. The fraction of sp³-hybridized carbons (Fsp3) is 0.300. The normalized spacial score (nSPS) is 9.80. The number of hydrogen-bond donors (Lipinski definition) is 2. The van der Waals surface area contributed by atoms with Crippen LogP contribution in [0.2, 0.25) is 5.02 Å². The summed E-state index contributed by atoms with van der Waals surface area (Å²) in [7, 11) is 0. The van der Waals surface area contributed by atoms with Gasteiger partial charge in [-0.3, -0.25) is 0 Å². The summed E-state index contributed by atoms with van der Waals surface area (Å²) in [5.74, 6) is 0. The van der Waals surface area contributed by atoms with Crippen molar-refractivity contribution in [3.05, 3.63) is 28.8 Å². The minimum atomic E-state index is -0.101. The van der Waals surface area contributed by atoms with Crippen LogP contribution in [0.25, 0.3) is 0 Å². The molecule has 0 unspecified atom stereocenters. The maximum absolute atomic E-state index is 9.00. The van der Waals surface area contributed by atoms with Crippen molar-refractivity contribution in [1.82, 2.24) is 0 Å². The van der Waals surface area contributed by atoms with Crippen molar-refractivity contribution in [3.8, 4) is 0 Å². The van der Waals surface area contributed by atoms with E-state index in [1.54, 1.807) is 18.2 Å². The minimum absolute atomic E-state index is 0.101. The SMILES string of the molecule is CCOC(=S)Nc1ccc(Cl)c(CO)c1. The monoisotopic (exact) mass is 245 g/mol. The van der Waals surface area contributed by atoms with Gasteiger partial charge >= 0.3 is 0 Å². The molecule has 0 spiro atoms. The Bertz CT molecular complexity index is 357. The lowest BCUT2D eigenvalue weighted by Crippen LogP contribution is -2.13. The Hall–Kier alpha value is -0.840. The number of halogens is 1. The van der Waals surface area contributed by atoms with Gasteiger partial charge in [0.05, 0.1) is 13.2 Å². The lowest BCUT2D eigenvalue weighted by Gasteiger charge is -2.09. The van der Waals surface area contributed by atoms with Crippen molar-refractivity contribution in [2.45, 2.75) is 13.5 Å². The number of nitrogens with one attached hydrogen (secondary N) is 1. The van der Waals surface area contributed by atoms with Crippen LogP contribution in [-0.2, 0) is 11.3 Å². The topological polar surface area (TPSA) is 41.5 Å². The zero-order chi connectivity index (χ0) is 11.3. The quantitative estimate of drug-likeness (QED) is 0.804. The molecule has 3 nitrogen and oxygen atoms in total. The standard InChI is InChI=1S/C10H12ClNO2S/c1-2-14-10(15)12-8-3-4-9(11)7(5-8)6-13/h3-5,13H,2,6H2,1H3,(H,12,15). The Balaban J connectivity index is 2.74. The Morgan fingerprint density at radius 3 is 2.93 bits per heavy atom. The predicted molar refractivity (Wildman–Crippen MR) is 65.2 cm³/mol. The molecule has 0 heterocycles. The summed E-state index contributed by atoms with van der Waals surface area (Å²) in [5, 5.41) is 12.7. The Morgan fingerprint density at radius 1 is 1.60 bits per heavy atom. The Kier molecular flexibility index (Phi) is 4.81. The molecule has 15 heavy (non-hydrogen) atoms. The third kappa shape index (κ3) is 3.66. The van der Waals surface area contributed by atoms with E-state index in [9.17, 15) is 0 Å². The van der Waals surface area contributed by atoms with Gasteiger partial charge in [0.25, 0.3) is 5.17 Å². The van der Waals surface area contributed by atoms with Gasteiger partial charge in [0.15, 0.2) is 0 Å². The summed E-state index contributed by atoms with van der Waals surface area (Å²) < 4.78 is 5.07. The van der Waals surface area contributed by atoms with E-state index in [1.807, 2.05) is 6.92 Å². The van der Waals surface area contributed by atoms with E-state index in [0.29, 0.717) is 22.4 Å². The summed E-state index contributed by atoms with van der Waals surface area (Å²) in [6, 6.07) is 5.20. The molecule has 82 valence electrons. The van der Waals surface area contributed by atoms with Crippen LogP contribution in [0, 0.1) is 0 Å². The molecule has 0 fully saturated rings. The second-order valence-corrected chi connectivity index (χ2v) is 3.59. The fourth-order valence-corrected chi connectivity index (χ4v) is 1.47. The molecule has 0 amide bonds. The predicted octanol–water partition coefficient (Wildman–Crippen LogP) is 2.57. The number of anilines is 1. The van der Waals surface area contributed by atoms with E-state index in [2.05, 4.69) is 5.32 Å². The summed E-state index contributed by atoms with van der Waals surface area (Å²) in [6.07, 6.45) is 0. The molecule has 0 atom stereocenters. The van der Waals surface area contributed by atoms with E-state index in [-0.39, 0.29) is 6.61 Å². The number of aliphatic hydroxyl groups is 1. The molecule has 5 heteroatoms. The second-order valence-electron chi connectivity index (χ2n) is 2.81. The van der Waals surface area contributed by atoms with Crippen LogP contribution in [0.4, 0.5) is 5.69 Å². The van der Waals surface area contributed by atoms with Crippen molar-refractivity contribution >= 4 is 34.7 Å². The number of thiocarbonyl (C=S) groups is 1. The third-order valence-electron chi connectivity index (χ3n) is 1.74. The van der Waals surface area contributed by atoms with Crippen molar-refractivity contribution in [1.29, 1.82) is 0 Å². The van der Waals surface area contributed by atoms with Gasteiger partial charge in [0.1, 0.15) is 0 Å². The van der Waals surface area contributed by atoms with Gasteiger partial charge in [-0.05, 0) is 42.9 Å². The first-order chi connectivity index (χ1) is 7.17. The van der Waals surface area contributed by atoms with E-state index < -0.39 is 0 Å². The molecule has 0 bridgehead atoms. The van der Waals surface area contributed by atoms with Crippen LogP contribution in [0.1, 0.15) is 12.5 Å². The first-order valence-electron chi connectivity index (χ1n) is 4.50. The highest BCUT2D eigenvalue weighted by Crippen LogP contribution is 2.20. The van der Waals surface area contributed by atoms with Crippen LogP contribution in [-0.4, -0.2) is 16.9 Å². The van der Waals surface area contributed by atoms with Crippen molar-refractivity contribution in [3.63, 3.8) is 0 Å². The lowest BCUT2D eigenvalue weighted by molar-refractivity contribution is 0.282. The van der Waals surface area contributed by atoms with Crippen molar-refractivity contribution in [2.24, 2.45) is 0 Å². The fourth-order valence-electron chi connectivity index (χ4n) is 1.06. The van der Waals surface area contributed by atoms with E-state index in [1.165, 1.54) is 0 Å². The van der Waals surface area contributed by atoms with Crippen LogP contribution in [0.5, 0.6) is 0 Å². The molecule has 2 N–H and O–H groups in total. The molecule has 0 aliphatic heterocycles. The maximum atomic E-state index is 9.00. The summed E-state index contributed by atoms with van der Waals surface area (Å²) in [6.45, 7) is 2.27. The summed E-state index contributed by atoms with van der Waals surface area (Å²) in [5.41, 5.74) is 1.41. The average Bonchev–Trinajstić information content (AvgIpc) is 2.21. The molecule has 0 aliphatic carbocycles. The average molecular weight is 246 g/mol. The highest BCUT2D eigenvalue weighted by atomic mass is 35.5. The molecule has 0 saturated carbocycles. The number of hydrogen-bond acceptors (Lipinski definition) is 3. The van der Waals surface area contributed by atoms with Gasteiger partial charge in [-0.1, -0.05) is 11.6 Å². The van der Waals surface area contributed by atoms with Crippen LogP contribution in [0.3, 0.4) is 0 Å². The Morgan fingerprint density at radius 2 is 2.33 bits per heavy atom. The minimum Gasteiger partial charge on any atom is -0.471 e. The molecule has 0 saturated heterocycles. The second kappa shape index (κ2) is 5.90. The maximum Gasteiger partial charge on any atom is 0.261 e. The van der Waals surface area contributed by atoms with Gasteiger partial charge in [0.2, 0.25) is 0 Å². The molecule has 0 aromatic heterocycles. The van der Waals surface area contributed by atoms with Crippen LogP contribution < -0.4 is 5.32 Å². The largest absolute Gasteiger partial charge is 0.471 e. The number of benzene rings is 1. The van der Waals surface area contributed by atoms with Gasteiger partial charge in [-0.25, -0.2) is 0 Å². The van der Waals surface area contributed by atoms with Crippen LogP contribution in [0.15, 0.2) is 18.2 Å². The highest BCUT2D eigenvalue weighted by Gasteiger charge is 2.02. The van der Waals surface area contributed by atoms with E-state index in [0.717, 1.165) is 5.69 Å². The zero-order valence-corrected chi connectivity index (χ0v) is 9.86. The molecular weight excluding hydrogens is 234 g/mol. The highest BCUT2D eigenvalue weighted by molar-refractivity contribution is 7.80. The molecule has 1 aromatic rings. The summed E-state index contributed by atoms with van der Waals surface area (Å²) >= 11 is 10.8. The lowest BCUT2D eigenvalue weighted by atomic mass is 10.2. The van der Waals surface area contributed by atoms with Crippen molar-refractivity contribution in [2.75, 3.05) is 11.9 Å². The molecule has 0 aliphatic rings. The van der Waals surface area contributed by atoms with E-state index in [4.69, 9.17) is 33.7 Å². The van der Waals surface area contributed by atoms with Gasteiger partial charge in [-0.15, -0.1) is 0 Å². The third-order valence-corrected chi connectivity index (χ3v) is 2.33. The van der Waals surface area contributed by atoms with Gasteiger partial charge in [-0.2, -0.15) is 0 Å². The molecule has 1 aromatic carbocycles. The number of aliphatic hydroxyl groups excluding tert-OH is 1. The van der Waals surface area contributed by atoms with Gasteiger partial charge in [0, 0.05) is 10.7 Å². The molecule has 1 rings (SSSR count). The summed E-state index contributed by atoms with van der Waals surface area (Å²) in [4.78, 5) is 0. The molecule has 0 radical (unpaired) electrons. The first-order valence-corrected chi connectivity index (χ1v) is 5.29. The number of rotatable bonds is 3. The Labute approximate surface area is 99.0 Å². The first kappa shape index (κ1) is 12.2. The molecular formula is C10H12ClNO2S. The van der Waals surface area contributed by atoms with Crippen molar-refractivity contribution < 1.29 is 9.84 Å². The zero-order valence-electron chi connectivity index (χ0n) is 8.29. The van der Waals surface area contributed by atoms with Gasteiger partial charge < -0.3 is 15.2 Å². The smallest absolute Gasteiger partial charge is 0.261 e. The van der Waals surface area contributed by atoms with Crippen LogP contribution >= 0.6 is 23.8 Å². The van der Waals surface area contributed by atoms with E-state index >= 15 is 0 Å².